The van der Waals surface area contributed by atoms with Crippen LogP contribution in [0.4, 0.5) is 0 Å². The highest BCUT2D eigenvalue weighted by Crippen LogP contribution is 2.18. The van der Waals surface area contributed by atoms with Crippen molar-refractivity contribution in [3.05, 3.63) is 54.4 Å². The van der Waals surface area contributed by atoms with Gasteiger partial charge in [0.05, 0.1) is 0 Å². The molecule has 0 saturated heterocycles. The van der Waals surface area contributed by atoms with Gasteiger partial charge in [-0.15, -0.1) is 0 Å². The maximum atomic E-state index is 7.36. The molecule has 0 fully saturated rings. The largest absolute Gasteiger partial charge is 0.384 e. The average Bonchev–Trinajstić information content (AvgIpc) is 2.30. The maximum absolute atomic E-state index is 7.36. The van der Waals surface area contributed by atoms with Crippen molar-refractivity contribution in [3.63, 3.8) is 0 Å². The molecule has 2 aromatic rings. The van der Waals surface area contributed by atoms with Gasteiger partial charge < -0.3 is 5.73 Å². The second-order valence-electron chi connectivity index (χ2n) is 3.24. The van der Waals surface area contributed by atoms with Gasteiger partial charge in [0.15, 0.2) is 0 Å². The van der Waals surface area contributed by atoms with Crippen LogP contribution in [-0.2, 0) is 0 Å². The van der Waals surface area contributed by atoms with E-state index in [1.165, 1.54) is 0 Å². The van der Waals surface area contributed by atoms with E-state index in [1.54, 1.807) is 12.4 Å². The molecule has 0 aliphatic heterocycles. The molecule has 3 N–H and O–H groups in total. The van der Waals surface area contributed by atoms with Crippen LogP contribution >= 0.6 is 0 Å². The van der Waals surface area contributed by atoms with Gasteiger partial charge in [-0.1, -0.05) is 24.3 Å². The summed E-state index contributed by atoms with van der Waals surface area (Å²) in [7, 11) is 0. The Bertz CT molecular complexity index is 477. The smallest absolute Gasteiger partial charge is 0.122 e. The zero-order valence-corrected chi connectivity index (χ0v) is 8.14. The first kappa shape index (κ1) is 9.40. The first-order valence-corrected chi connectivity index (χ1v) is 4.62. The van der Waals surface area contributed by atoms with Gasteiger partial charge in [-0.05, 0) is 17.7 Å². The van der Waals surface area contributed by atoms with E-state index in [9.17, 15) is 0 Å². The van der Waals surface area contributed by atoms with Crippen LogP contribution in [0.15, 0.2) is 48.8 Å². The molecule has 0 saturated carbocycles. The first-order valence-electron chi connectivity index (χ1n) is 4.62. The van der Waals surface area contributed by atoms with E-state index in [0.29, 0.717) is 0 Å². The molecule has 0 atom stereocenters. The summed E-state index contributed by atoms with van der Waals surface area (Å²) in [4.78, 5) is 4.05. The van der Waals surface area contributed by atoms with Crippen molar-refractivity contribution in [2.45, 2.75) is 0 Å². The lowest BCUT2D eigenvalue weighted by Crippen LogP contribution is -2.10. The molecule has 0 spiro atoms. The van der Waals surface area contributed by atoms with E-state index >= 15 is 0 Å². The first-order chi connectivity index (χ1) is 7.27. The number of nitrogens with zero attached hydrogens (tertiary/aromatic N) is 1. The summed E-state index contributed by atoms with van der Waals surface area (Å²) in [5.74, 6) is 0.0840. The normalized spacial score (nSPS) is 9.87. The summed E-state index contributed by atoms with van der Waals surface area (Å²) in [6.07, 6.45) is 3.53. The van der Waals surface area contributed by atoms with E-state index < -0.39 is 0 Å². The van der Waals surface area contributed by atoms with E-state index in [2.05, 4.69) is 4.98 Å². The van der Waals surface area contributed by atoms with Crippen LogP contribution in [0.2, 0.25) is 0 Å². The van der Waals surface area contributed by atoms with Crippen molar-refractivity contribution in [1.82, 2.24) is 4.98 Å². The van der Waals surface area contributed by atoms with Gasteiger partial charge in [0.25, 0.3) is 0 Å². The van der Waals surface area contributed by atoms with Crippen molar-refractivity contribution >= 4 is 5.84 Å². The van der Waals surface area contributed by atoms with Gasteiger partial charge in [0.2, 0.25) is 0 Å². The Kier molecular flexibility index (Phi) is 2.46. The molecule has 1 aromatic carbocycles. The molecular formula is C12H11N3. The van der Waals surface area contributed by atoms with E-state index in [4.69, 9.17) is 11.1 Å². The average molecular weight is 197 g/mol. The van der Waals surface area contributed by atoms with Crippen LogP contribution in [0.25, 0.3) is 11.1 Å². The Morgan fingerprint density at radius 2 is 1.93 bits per heavy atom. The van der Waals surface area contributed by atoms with Gasteiger partial charge in [0, 0.05) is 23.5 Å². The number of aromatic nitrogens is 1. The SMILES string of the molecule is N=C(N)c1cccc(-c2cccnc2)c1. The Labute approximate surface area is 88.1 Å². The van der Waals surface area contributed by atoms with Crippen LogP contribution in [0.1, 0.15) is 5.56 Å². The topological polar surface area (TPSA) is 62.8 Å². The van der Waals surface area contributed by atoms with Gasteiger partial charge in [-0.2, -0.15) is 0 Å². The molecular weight excluding hydrogens is 186 g/mol. The van der Waals surface area contributed by atoms with Crippen LogP contribution in [0, 0.1) is 5.41 Å². The second-order valence-corrected chi connectivity index (χ2v) is 3.24. The summed E-state index contributed by atoms with van der Waals surface area (Å²) >= 11 is 0. The van der Waals surface area contributed by atoms with Gasteiger partial charge in [0.1, 0.15) is 5.84 Å². The lowest BCUT2D eigenvalue weighted by Gasteiger charge is -2.03. The third-order valence-electron chi connectivity index (χ3n) is 2.17. The number of rotatable bonds is 2. The number of benzene rings is 1. The van der Waals surface area contributed by atoms with Crippen LogP contribution in [0.5, 0.6) is 0 Å². The fourth-order valence-corrected chi connectivity index (χ4v) is 1.40. The highest BCUT2D eigenvalue weighted by molar-refractivity contribution is 5.96. The van der Waals surface area contributed by atoms with Crippen LogP contribution in [0.3, 0.4) is 0 Å². The highest BCUT2D eigenvalue weighted by Gasteiger charge is 2.00. The third-order valence-corrected chi connectivity index (χ3v) is 2.17. The number of nitrogen functional groups attached to an aromatic ring is 1. The van der Waals surface area contributed by atoms with Crippen molar-refractivity contribution in [3.8, 4) is 11.1 Å². The van der Waals surface area contributed by atoms with E-state index in [-0.39, 0.29) is 5.84 Å². The monoisotopic (exact) mass is 197 g/mol. The zero-order valence-electron chi connectivity index (χ0n) is 8.14. The lowest BCUT2D eigenvalue weighted by molar-refractivity contribution is 1.33. The predicted molar refractivity (Wildman–Crippen MR) is 60.7 cm³/mol. The van der Waals surface area contributed by atoms with E-state index in [0.717, 1.165) is 16.7 Å². The van der Waals surface area contributed by atoms with E-state index in [1.807, 2.05) is 36.4 Å². The lowest BCUT2D eigenvalue weighted by atomic mass is 10.0. The summed E-state index contributed by atoms with van der Waals surface area (Å²) < 4.78 is 0. The van der Waals surface area contributed by atoms with Crippen molar-refractivity contribution in [2.75, 3.05) is 0 Å². The maximum Gasteiger partial charge on any atom is 0.122 e. The molecule has 1 aromatic heterocycles. The molecule has 0 aliphatic carbocycles. The molecule has 74 valence electrons. The fraction of sp³-hybridized carbons (Fsp3) is 0. The van der Waals surface area contributed by atoms with Gasteiger partial charge in [-0.25, -0.2) is 0 Å². The molecule has 3 nitrogen and oxygen atoms in total. The van der Waals surface area contributed by atoms with Crippen molar-refractivity contribution in [2.24, 2.45) is 5.73 Å². The molecule has 0 amide bonds. The molecule has 15 heavy (non-hydrogen) atoms. The molecule has 2 rings (SSSR count). The predicted octanol–water partition coefficient (Wildman–Crippen LogP) is 2.03. The van der Waals surface area contributed by atoms with Gasteiger partial charge >= 0.3 is 0 Å². The van der Waals surface area contributed by atoms with Crippen LogP contribution in [-0.4, -0.2) is 10.8 Å². The Morgan fingerprint density at radius 3 is 2.60 bits per heavy atom. The molecule has 0 aliphatic rings. The third kappa shape index (κ3) is 2.02. The summed E-state index contributed by atoms with van der Waals surface area (Å²) in [5, 5.41) is 7.36. The number of hydrogen-bond acceptors (Lipinski definition) is 2. The molecule has 0 bridgehead atoms. The summed E-state index contributed by atoms with van der Waals surface area (Å²) in [5.41, 5.74) is 8.21. The van der Waals surface area contributed by atoms with Crippen LogP contribution < -0.4 is 5.73 Å². The minimum atomic E-state index is 0.0840. The number of nitrogens with two attached hydrogens (primary N) is 1. The molecule has 3 heteroatoms. The van der Waals surface area contributed by atoms with Crippen molar-refractivity contribution < 1.29 is 0 Å². The van der Waals surface area contributed by atoms with Crippen molar-refractivity contribution in [1.29, 1.82) is 5.41 Å². The molecule has 0 unspecified atom stereocenters. The minimum absolute atomic E-state index is 0.0840. The number of amidine groups is 1. The molecule has 1 heterocycles. The molecule has 0 radical (unpaired) electrons. The zero-order chi connectivity index (χ0) is 10.7. The summed E-state index contributed by atoms with van der Waals surface area (Å²) in [6, 6.07) is 11.4. The number of pyridine rings is 1. The summed E-state index contributed by atoms with van der Waals surface area (Å²) in [6.45, 7) is 0. The number of nitrogens with one attached hydrogen (secondary N) is 1. The quantitative estimate of drug-likeness (QED) is 0.571. The second kappa shape index (κ2) is 3.92. The standard InChI is InChI=1S/C12H11N3/c13-12(14)10-4-1-3-9(7-10)11-5-2-6-15-8-11/h1-8H,(H3,13,14). The fourth-order valence-electron chi connectivity index (χ4n) is 1.40. The number of hydrogen-bond donors (Lipinski definition) is 2. The Morgan fingerprint density at radius 1 is 1.13 bits per heavy atom. The Balaban J connectivity index is 2.46. The minimum Gasteiger partial charge on any atom is -0.384 e. The van der Waals surface area contributed by atoms with Gasteiger partial charge in [-0.3, -0.25) is 10.4 Å². The Hall–Kier alpha value is -2.16. The highest BCUT2D eigenvalue weighted by atomic mass is 14.7.